The molecule has 0 saturated carbocycles. The quantitative estimate of drug-likeness (QED) is 0.565. The number of halogens is 1. The zero-order valence-electron chi connectivity index (χ0n) is 15.7. The number of thiazole rings is 1. The third kappa shape index (κ3) is 5.29. The van der Waals surface area contributed by atoms with Crippen LogP contribution in [0.5, 0.6) is 11.5 Å². The van der Waals surface area contributed by atoms with Crippen molar-refractivity contribution in [3.05, 3.63) is 76.0 Å². The number of amides is 1. The van der Waals surface area contributed by atoms with Crippen LogP contribution < -0.4 is 9.47 Å². The lowest BCUT2D eigenvalue weighted by molar-refractivity contribution is 0.0773. The lowest BCUT2D eigenvalue weighted by atomic mass is 10.2. The predicted molar refractivity (Wildman–Crippen MR) is 106 cm³/mol. The Bertz CT molecular complexity index is 927. The van der Waals surface area contributed by atoms with Crippen LogP contribution in [-0.4, -0.2) is 36.0 Å². The molecular weight excluding hydrogens is 379 g/mol. The van der Waals surface area contributed by atoms with E-state index in [9.17, 15) is 9.18 Å². The summed E-state index contributed by atoms with van der Waals surface area (Å²) in [5.41, 5.74) is 1.43. The second-order valence-electron chi connectivity index (χ2n) is 6.18. The predicted octanol–water partition coefficient (Wildman–Crippen LogP) is 4.32. The average Bonchev–Trinajstić information content (AvgIpc) is 3.13. The maximum Gasteiger partial charge on any atom is 0.253 e. The van der Waals surface area contributed by atoms with Gasteiger partial charge in [0.2, 0.25) is 0 Å². The van der Waals surface area contributed by atoms with Gasteiger partial charge in [-0.3, -0.25) is 4.79 Å². The Morgan fingerprint density at radius 2 is 1.89 bits per heavy atom. The topological polar surface area (TPSA) is 51.7 Å². The standard InChI is InChI=1S/C21H21FN2O3S/c1-15-23-17(14-28-15)13-27-18-9-7-16(8-10-18)21(25)24(2)11-12-26-20-6-4-3-5-19(20)22/h3-10,14H,11-13H2,1-2H3. The van der Waals surface area contributed by atoms with Crippen LogP contribution in [0, 0.1) is 12.7 Å². The van der Waals surface area contributed by atoms with Gasteiger partial charge in [-0.25, -0.2) is 9.37 Å². The number of likely N-dealkylation sites (N-methyl/N-ethyl adjacent to an activating group) is 1. The highest BCUT2D eigenvalue weighted by atomic mass is 32.1. The molecule has 28 heavy (non-hydrogen) atoms. The smallest absolute Gasteiger partial charge is 0.253 e. The number of para-hydroxylation sites is 1. The van der Waals surface area contributed by atoms with Crippen molar-refractivity contribution in [2.45, 2.75) is 13.5 Å². The number of nitrogens with zero attached hydrogens (tertiary/aromatic N) is 2. The number of ether oxygens (including phenoxy) is 2. The molecule has 0 bridgehead atoms. The van der Waals surface area contributed by atoms with Crippen LogP contribution in [0.1, 0.15) is 21.1 Å². The Labute approximate surface area is 167 Å². The second kappa shape index (κ2) is 9.32. The van der Waals surface area contributed by atoms with Gasteiger partial charge in [-0.15, -0.1) is 11.3 Å². The molecule has 0 spiro atoms. The first-order valence-corrected chi connectivity index (χ1v) is 9.67. The van der Waals surface area contributed by atoms with Crippen LogP contribution in [0.15, 0.2) is 53.9 Å². The molecule has 3 rings (SSSR count). The zero-order valence-corrected chi connectivity index (χ0v) is 16.5. The van der Waals surface area contributed by atoms with E-state index in [0.717, 1.165) is 10.7 Å². The van der Waals surface area contributed by atoms with Crippen LogP contribution in [0.4, 0.5) is 4.39 Å². The van der Waals surface area contributed by atoms with Gasteiger partial charge in [0, 0.05) is 18.0 Å². The van der Waals surface area contributed by atoms with E-state index in [2.05, 4.69) is 4.98 Å². The van der Waals surface area contributed by atoms with Crippen molar-refractivity contribution in [2.24, 2.45) is 0 Å². The molecule has 0 radical (unpaired) electrons. The fraction of sp³-hybridized carbons (Fsp3) is 0.238. The third-order valence-electron chi connectivity index (χ3n) is 4.02. The van der Waals surface area contributed by atoms with Crippen molar-refractivity contribution in [3.8, 4) is 11.5 Å². The first-order chi connectivity index (χ1) is 13.5. The fourth-order valence-corrected chi connectivity index (χ4v) is 3.10. The Morgan fingerprint density at radius 1 is 1.14 bits per heavy atom. The largest absolute Gasteiger partial charge is 0.489 e. The highest BCUT2D eigenvalue weighted by Gasteiger charge is 2.12. The minimum Gasteiger partial charge on any atom is -0.489 e. The summed E-state index contributed by atoms with van der Waals surface area (Å²) in [6, 6.07) is 13.2. The van der Waals surface area contributed by atoms with Crippen molar-refractivity contribution < 1.29 is 18.7 Å². The normalized spacial score (nSPS) is 10.5. The molecule has 146 valence electrons. The van der Waals surface area contributed by atoms with Gasteiger partial charge >= 0.3 is 0 Å². The monoisotopic (exact) mass is 400 g/mol. The van der Waals surface area contributed by atoms with Crippen molar-refractivity contribution >= 4 is 17.2 Å². The van der Waals surface area contributed by atoms with Crippen LogP contribution in [0.3, 0.4) is 0 Å². The van der Waals surface area contributed by atoms with Crippen LogP contribution in [-0.2, 0) is 6.61 Å². The molecule has 0 aliphatic carbocycles. The lowest BCUT2D eigenvalue weighted by Gasteiger charge is -2.18. The Hall–Kier alpha value is -2.93. The van der Waals surface area contributed by atoms with Crippen molar-refractivity contribution in [2.75, 3.05) is 20.2 Å². The minimum absolute atomic E-state index is 0.140. The van der Waals surface area contributed by atoms with Gasteiger partial charge in [0.15, 0.2) is 11.6 Å². The highest BCUT2D eigenvalue weighted by molar-refractivity contribution is 7.09. The lowest BCUT2D eigenvalue weighted by Crippen LogP contribution is -2.30. The summed E-state index contributed by atoms with van der Waals surface area (Å²) in [4.78, 5) is 18.4. The van der Waals surface area contributed by atoms with Crippen LogP contribution in [0.2, 0.25) is 0 Å². The van der Waals surface area contributed by atoms with Gasteiger partial charge in [0.05, 0.1) is 17.2 Å². The van der Waals surface area contributed by atoms with Gasteiger partial charge in [0.1, 0.15) is 19.0 Å². The molecule has 1 aromatic heterocycles. The molecule has 0 N–H and O–H groups in total. The van der Waals surface area contributed by atoms with E-state index in [1.165, 1.54) is 11.0 Å². The van der Waals surface area contributed by atoms with Crippen LogP contribution in [0.25, 0.3) is 0 Å². The first-order valence-electron chi connectivity index (χ1n) is 8.79. The maximum absolute atomic E-state index is 13.5. The summed E-state index contributed by atoms with van der Waals surface area (Å²) >= 11 is 1.58. The molecule has 0 saturated heterocycles. The molecule has 3 aromatic rings. The molecule has 1 amide bonds. The SMILES string of the molecule is Cc1nc(COc2ccc(C(=O)N(C)CCOc3ccccc3F)cc2)cs1. The van der Waals surface area contributed by atoms with E-state index in [0.29, 0.717) is 24.5 Å². The molecule has 0 fully saturated rings. The molecule has 2 aromatic carbocycles. The Kier molecular flexibility index (Phi) is 6.60. The Balaban J connectivity index is 1.48. The van der Waals surface area contributed by atoms with Crippen molar-refractivity contribution in [3.63, 3.8) is 0 Å². The number of benzene rings is 2. The van der Waals surface area contributed by atoms with E-state index in [-0.39, 0.29) is 18.3 Å². The molecule has 0 aliphatic rings. The third-order valence-corrected chi connectivity index (χ3v) is 4.84. The van der Waals surface area contributed by atoms with Gasteiger partial charge in [-0.2, -0.15) is 0 Å². The summed E-state index contributed by atoms with van der Waals surface area (Å²) in [5.74, 6) is 0.298. The maximum atomic E-state index is 13.5. The number of hydrogen-bond donors (Lipinski definition) is 0. The summed E-state index contributed by atoms with van der Waals surface area (Å²) in [7, 11) is 1.68. The summed E-state index contributed by atoms with van der Waals surface area (Å²) in [6.45, 7) is 2.89. The zero-order chi connectivity index (χ0) is 19.9. The van der Waals surface area contributed by atoms with Crippen LogP contribution >= 0.6 is 11.3 Å². The number of aryl methyl sites for hydroxylation is 1. The van der Waals surface area contributed by atoms with Gasteiger partial charge in [-0.1, -0.05) is 12.1 Å². The molecule has 0 atom stereocenters. The number of carbonyl (C=O) groups excluding carboxylic acids is 1. The Morgan fingerprint density at radius 3 is 2.57 bits per heavy atom. The number of carbonyl (C=O) groups is 1. The van der Waals surface area contributed by atoms with E-state index in [1.54, 1.807) is 60.8 Å². The molecule has 0 unspecified atom stereocenters. The van der Waals surface area contributed by atoms with Gasteiger partial charge in [-0.05, 0) is 43.3 Å². The molecule has 5 nitrogen and oxygen atoms in total. The first kappa shape index (κ1) is 19.8. The summed E-state index contributed by atoms with van der Waals surface area (Å²) < 4.78 is 24.6. The molecule has 0 aliphatic heterocycles. The van der Waals surface area contributed by atoms with Crippen molar-refractivity contribution in [1.82, 2.24) is 9.88 Å². The van der Waals surface area contributed by atoms with E-state index in [1.807, 2.05) is 12.3 Å². The minimum atomic E-state index is -0.417. The number of rotatable bonds is 8. The van der Waals surface area contributed by atoms with E-state index in [4.69, 9.17) is 9.47 Å². The molecular formula is C21H21FN2O3S. The number of hydrogen-bond acceptors (Lipinski definition) is 5. The van der Waals surface area contributed by atoms with Crippen molar-refractivity contribution in [1.29, 1.82) is 0 Å². The van der Waals surface area contributed by atoms with Gasteiger partial charge in [0.25, 0.3) is 5.91 Å². The molecule has 1 heterocycles. The highest BCUT2D eigenvalue weighted by Crippen LogP contribution is 2.17. The summed E-state index contributed by atoms with van der Waals surface area (Å²) in [5, 5.41) is 2.97. The van der Waals surface area contributed by atoms with Gasteiger partial charge < -0.3 is 14.4 Å². The van der Waals surface area contributed by atoms with E-state index < -0.39 is 5.82 Å². The van der Waals surface area contributed by atoms with E-state index >= 15 is 0 Å². The number of aromatic nitrogens is 1. The second-order valence-corrected chi connectivity index (χ2v) is 7.24. The summed E-state index contributed by atoms with van der Waals surface area (Å²) in [6.07, 6.45) is 0. The fourth-order valence-electron chi connectivity index (χ4n) is 2.50. The average molecular weight is 400 g/mol. The molecule has 7 heteroatoms.